The molecule has 0 amide bonds. The van der Waals surface area contributed by atoms with Crippen LogP contribution in [0.25, 0.3) is 48.1 Å². The normalized spacial score (nSPS) is 25.9. The maximum absolute atomic E-state index is 11.8. The van der Waals surface area contributed by atoms with Gasteiger partial charge >= 0.3 is 0 Å². The predicted octanol–water partition coefficient (Wildman–Crippen LogP) is 13.4. The van der Waals surface area contributed by atoms with E-state index in [1.165, 1.54) is 59.9 Å². The van der Waals surface area contributed by atoms with Gasteiger partial charge in [0.2, 0.25) is 5.69 Å². The molecule has 21 nitrogen and oxygen atoms in total. The van der Waals surface area contributed by atoms with E-state index in [9.17, 15) is 33.7 Å². The van der Waals surface area contributed by atoms with Gasteiger partial charge in [-0.2, -0.15) is 0 Å². The molecule has 564 valence electrons. The Morgan fingerprint density at radius 3 is 1.48 bits per heavy atom. The van der Waals surface area contributed by atoms with Crippen molar-refractivity contribution in [3.63, 3.8) is 0 Å². The summed E-state index contributed by atoms with van der Waals surface area (Å²) in [5.74, 6) is 14.4. The average molecular weight is 1670 g/mol. The number of nitrogens with zero attached hydrogens (tertiary/aromatic N) is 9. The summed E-state index contributed by atoms with van der Waals surface area (Å²) in [5, 5.41) is 6.05. The van der Waals surface area contributed by atoms with Crippen LogP contribution in [0.2, 0.25) is 0 Å². The van der Waals surface area contributed by atoms with Crippen molar-refractivity contribution in [2.75, 3.05) is 46.0 Å². The van der Waals surface area contributed by atoms with E-state index in [4.69, 9.17) is 46.1 Å². The monoisotopic (exact) mass is 1660 g/mol. The first-order valence-corrected chi connectivity index (χ1v) is 47.7. The van der Waals surface area contributed by atoms with Crippen molar-refractivity contribution in [1.29, 1.82) is 0 Å². The lowest BCUT2D eigenvalue weighted by molar-refractivity contribution is 0.387. The second kappa shape index (κ2) is 28.8. The van der Waals surface area contributed by atoms with Gasteiger partial charge in [-0.15, -0.1) is 39.9 Å². The summed E-state index contributed by atoms with van der Waals surface area (Å²) in [6.07, 6.45) is 15.9. The van der Waals surface area contributed by atoms with E-state index >= 15 is 0 Å². The molecule has 17 rings (SSSR count). The molecule has 4 saturated heterocycles. The van der Waals surface area contributed by atoms with Crippen molar-refractivity contribution in [2.24, 2.45) is 48.8 Å². The molecule has 4 unspecified atom stereocenters. The molecule has 8 N–H and O–H groups in total. The maximum Gasteiger partial charge on any atom is 0.205 e. The molecule has 8 aromatic rings. The number of amidine groups is 4. The molecule has 32 heteroatoms. The summed E-state index contributed by atoms with van der Waals surface area (Å²) in [7, 11) is -11.8. The number of benzene rings is 2. The first-order valence-electron chi connectivity index (χ1n) is 34.6. The van der Waals surface area contributed by atoms with Gasteiger partial charge in [0.25, 0.3) is 0 Å². The second-order valence-corrected chi connectivity index (χ2v) is 47.4. The highest BCUT2D eigenvalue weighted by Gasteiger charge is 2.60. The molecule has 0 radical (unpaired) electrons. The number of aryl methyl sites for hydroxylation is 1. The predicted molar refractivity (Wildman–Crippen MR) is 450 cm³/mol. The SMILES string of the molecule is CC#Cc1cncc(-n2ccc(C3(C)CC4(CS(=O)(=O)C4)SC(N)=N3)c2)c1.CC1(c2cc(-c3cccc(C#CC4CC4)c3)cs2)CC2(CS(=O)(=O)C2)SC(N)=N1.[C-]#[N+]c1cccc(-c2csc(C3(C)CC4(CS(=O)(=O)C4)SC(N)=N3)c2)c1.[C-]#[N+]c1cncc(-c2cc(C)c(C3(C)CC4(CS(=O)(=O)C4)SC(N)=N3)s2)c1. The summed E-state index contributed by atoms with van der Waals surface area (Å²) in [6, 6.07) is 28.0. The van der Waals surface area contributed by atoms with Crippen LogP contribution in [-0.4, -0.2) is 134 Å². The van der Waals surface area contributed by atoms with Gasteiger partial charge < -0.3 is 27.5 Å². The minimum Gasteiger partial charge on any atom is -0.378 e. The molecular formula is C77H77N13O8S11. The summed E-state index contributed by atoms with van der Waals surface area (Å²) in [6.45, 7) is 26.3. The molecule has 5 fully saturated rings. The molecule has 109 heavy (non-hydrogen) atoms. The van der Waals surface area contributed by atoms with Crippen LogP contribution in [-0.2, 0) is 61.5 Å². The number of hydrogen-bond donors (Lipinski definition) is 4. The first-order chi connectivity index (χ1) is 51.3. The Hall–Kier alpha value is -7.70. The third-order valence-electron chi connectivity index (χ3n) is 20.2. The second-order valence-electron chi connectivity index (χ2n) is 30.3. The minimum atomic E-state index is -2.97. The number of nitrogens with two attached hydrogens (primary N) is 4. The number of pyridine rings is 2. The molecule has 9 aliphatic rings. The van der Waals surface area contributed by atoms with Crippen LogP contribution in [0.3, 0.4) is 0 Å². The van der Waals surface area contributed by atoms with E-state index in [0.29, 0.717) is 63.6 Å². The van der Waals surface area contributed by atoms with Crippen LogP contribution in [0.5, 0.6) is 0 Å². The van der Waals surface area contributed by atoms with E-state index in [0.717, 1.165) is 75.3 Å². The number of sulfone groups is 4. The number of hydrogen-bond acceptors (Lipinski definition) is 25. The Kier molecular flexibility index (Phi) is 20.6. The first kappa shape index (κ1) is 78.0. The molecule has 1 saturated carbocycles. The van der Waals surface area contributed by atoms with Gasteiger partial charge in [0, 0.05) is 67.5 Å². The van der Waals surface area contributed by atoms with E-state index in [1.807, 2.05) is 87.1 Å². The zero-order chi connectivity index (χ0) is 77.6. The van der Waals surface area contributed by atoms with Crippen molar-refractivity contribution in [3.8, 4) is 62.1 Å². The highest BCUT2D eigenvalue weighted by atomic mass is 32.2. The Morgan fingerprint density at radius 1 is 0.505 bits per heavy atom. The van der Waals surface area contributed by atoms with Gasteiger partial charge in [-0.1, -0.05) is 95.1 Å². The number of aliphatic imine (C=N–C) groups is 4. The molecule has 8 aliphatic heterocycles. The Labute approximate surface area is 665 Å². The van der Waals surface area contributed by atoms with E-state index in [-0.39, 0.29) is 65.0 Å². The molecule has 0 bridgehead atoms. The van der Waals surface area contributed by atoms with Gasteiger partial charge in [0.1, 0.15) is 0 Å². The van der Waals surface area contributed by atoms with Crippen molar-refractivity contribution >= 4 is 152 Å². The van der Waals surface area contributed by atoms with Crippen molar-refractivity contribution in [1.82, 2.24) is 14.5 Å². The van der Waals surface area contributed by atoms with Crippen LogP contribution in [0, 0.1) is 49.7 Å². The summed E-state index contributed by atoms with van der Waals surface area (Å²) >= 11 is 10.5. The fourth-order valence-electron chi connectivity index (χ4n) is 16.0. The van der Waals surface area contributed by atoms with Gasteiger partial charge in [-0.25, -0.2) is 43.4 Å². The number of thiophene rings is 3. The van der Waals surface area contributed by atoms with Crippen LogP contribution < -0.4 is 22.9 Å². The quantitative estimate of drug-likeness (QED) is 0.0811. The lowest BCUT2D eigenvalue weighted by atomic mass is 9.85. The highest BCUT2D eigenvalue weighted by molar-refractivity contribution is 8.18. The molecule has 6 aromatic heterocycles. The van der Waals surface area contributed by atoms with Gasteiger partial charge in [0.05, 0.1) is 112 Å². The average Bonchev–Trinajstić information content (AvgIpc) is 1.68. The Bertz CT molecular complexity index is 5850. The van der Waals surface area contributed by atoms with Gasteiger partial charge in [-0.3, -0.25) is 29.9 Å². The zero-order valence-electron chi connectivity index (χ0n) is 60.3. The third-order valence-corrected chi connectivity index (χ3v) is 38.1. The standard InChI is InChI=1S/C22H22N2O2S3.C19H20N4O2S2.C18H18N4O2S3.C18H17N3O2S3/c1-21(12-22(28-20(23)24-21)13-29(25,26)14-22)19-10-18(11-27-19)17-4-2-3-16(9-17)8-7-15-5-6-15;1-3-4-14-7-16(9-21-8-14)23-6-5-15(10-23)18(2)11-19(26-17(20)22-18)12-27(24,25)13-19;1-11-4-14(12-5-13(20-3)7-21-6-12)25-15(11)17(2)8-18(26-16(19)22-17)9-27(23,24)10-18;1-17(9-18(25-16(19)21-17)10-26(22,23)11-18)15-7-13(8-24-15)12-4-3-5-14(6-12)20-2/h2-4,9-11,15H,5-6,12-14H2,1H3,(H2,23,24);5-10H,11-13H2,1-2H3,(H2,20,22);4-7H,8-10H2,1-2H3,(H2,19,22);3-8H,9-11H2,1H3,(H2,19,21). The molecule has 4 atom stereocenters. The van der Waals surface area contributed by atoms with Crippen molar-refractivity contribution in [2.45, 2.75) is 121 Å². The number of thioether (sulfide) groups is 4. The summed E-state index contributed by atoms with van der Waals surface area (Å²) < 4.78 is 94.9. The molecule has 14 heterocycles. The summed E-state index contributed by atoms with van der Waals surface area (Å²) in [4.78, 5) is 38.4. The third kappa shape index (κ3) is 17.1. The van der Waals surface area contributed by atoms with E-state index in [2.05, 4.69) is 107 Å². The highest BCUT2D eigenvalue weighted by Crippen LogP contribution is 2.57. The van der Waals surface area contributed by atoms with E-state index < -0.39 is 61.5 Å². The smallest absolute Gasteiger partial charge is 0.205 e. The lowest BCUT2D eigenvalue weighted by Gasteiger charge is -2.47. The number of rotatable bonds is 8. The zero-order valence-corrected chi connectivity index (χ0v) is 69.3. The largest absolute Gasteiger partial charge is 0.378 e. The van der Waals surface area contributed by atoms with Crippen LogP contribution in [0.1, 0.15) is 110 Å². The van der Waals surface area contributed by atoms with Gasteiger partial charge in [0.15, 0.2) is 65.7 Å². The fourth-order valence-corrected chi connectivity index (χ4v) is 36.5. The van der Waals surface area contributed by atoms with Crippen molar-refractivity contribution < 1.29 is 33.7 Å². The molecule has 2 aromatic carbocycles. The summed E-state index contributed by atoms with van der Waals surface area (Å²) in [5.41, 5.74) is 33.5. The molecule has 4 spiro atoms. The minimum absolute atomic E-state index is 0.157. The Balaban J connectivity index is 0.000000121. The maximum atomic E-state index is 11.8. The topological polar surface area (TPSA) is 330 Å². The van der Waals surface area contributed by atoms with Crippen LogP contribution in [0.15, 0.2) is 153 Å². The molecular weight excluding hydrogens is 1590 g/mol. The van der Waals surface area contributed by atoms with Crippen LogP contribution in [0.4, 0.5) is 11.4 Å². The van der Waals surface area contributed by atoms with Crippen LogP contribution >= 0.6 is 81.1 Å². The van der Waals surface area contributed by atoms with Crippen molar-refractivity contribution in [3.05, 3.63) is 193 Å². The lowest BCUT2D eigenvalue weighted by Crippen LogP contribution is -2.58. The van der Waals surface area contributed by atoms with E-state index in [1.54, 1.807) is 71.8 Å². The molecule has 1 aliphatic carbocycles. The van der Waals surface area contributed by atoms with Gasteiger partial charge in [-0.05, 0) is 184 Å². The Morgan fingerprint density at radius 2 is 0.972 bits per heavy atom. The number of aromatic nitrogens is 3. The fraction of sp³-hybridized carbons (Fsp3) is 0.377.